The van der Waals surface area contributed by atoms with Crippen molar-refractivity contribution in [1.29, 1.82) is 0 Å². The average Bonchev–Trinajstić information content (AvgIpc) is 3.04. The van der Waals surface area contributed by atoms with Crippen molar-refractivity contribution in [2.75, 3.05) is 12.3 Å². The molecule has 1 aromatic carbocycles. The molecule has 0 aliphatic carbocycles. The van der Waals surface area contributed by atoms with Gasteiger partial charge in [-0.15, -0.1) is 0 Å². The van der Waals surface area contributed by atoms with E-state index in [1.807, 2.05) is 0 Å². The summed E-state index contributed by atoms with van der Waals surface area (Å²) in [4.78, 5) is 3.96. The zero-order valence-corrected chi connectivity index (χ0v) is 20.2. The van der Waals surface area contributed by atoms with E-state index in [9.17, 15) is 26.3 Å². The number of pyridine rings is 1. The molecule has 0 unspecified atom stereocenters. The Bertz CT molecular complexity index is 1190. The standard InChI is InChI=1S/C21H22ClF6N3O2Si/c1-34(2,3)7-6-32-11-31-10-14(21(26,27)28)18-16(9-17(22)30-19(18)31)33-15-5-4-12(29)8-13(15)20(23,24)25/h4-5,8-10H,6-7,11,29H2,1-3H3. The third kappa shape index (κ3) is 6.16. The molecule has 3 aromatic rings. The molecule has 2 heterocycles. The van der Waals surface area contributed by atoms with Crippen molar-refractivity contribution in [3.8, 4) is 11.5 Å². The number of halogens is 7. The van der Waals surface area contributed by atoms with Crippen LogP contribution in [0.2, 0.25) is 30.8 Å². The number of hydrogen-bond acceptors (Lipinski definition) is 4. The molecule has 0 saturated heterocycles. The molecule has 0 aliphatic heterocycles. The lowest BCUT2D eigenvalue weighted by Gasteiger charge is -2.16. The number of rotatable bonds is 7. The van der Waals surface area contributed by atoms with E-state index in [0.29, 0.717) is 12.7 Å². The summed E-state index contributed by atoms with van der Waals surface area (Å²) in [6.07, 6.45) is -8.92. The van der Waals surface area contributed by atoms with Crippen LogP contribution in [-0.4, -0.2) is 24.2 Å². The van der Waals surface area contributed by atoms with Gasteiger partial charge in [0.2, 0.25) is 0 Å². The predicted octanol–water partition coefficient (Wildman–Crippen LogP) is 7.41. The molecular formula is C21H22ClF6N3O2Si. The molecule has 13 heteroatoms. The van der Waals surface area contributed by atoms with Gasteiger partial charge in [-0.25, -0.2) is 4.98 Å². The van der Waals surface area contributed by atoms with E-state index in [0.717, 1.165) is 35.0 Å². The normalized spacial score (nSPS) is 13.0. The second-order valence-electron chi connectivity index (χ2n) is 8.86. The van der Waals surface area contributed by atoms with E-state index < -0.39 is 48.4 Å². The Balaban J connectivity index is 2.09. The van der Waals surface area contributed by atoms with Crippen LogP contribution >= 0.6 is 11.6 Å². The molecule has 2 N–H and O–H groups in total. The summed E-state index contributed by atoms with van der Waals surface area (Å²) in [5.74, 6) is -1.25. The number of anilines is 1. The number of benzene rings is 1. The largest absolute Gasteiger partial charge is 0.456 e. The van der Waals surface area contributed by atoms with Gasteiger partial charge in [-0.3, -0.25) is 0 Å². The summed E-state index contributed by atoms with van der Waals surface area (Å²) < 4.78 is 94.0. The van der Waals surface area contributed by atoms with Crippen LogP contribution in [0.3, 0.4) is 0 Å². The molecule has 5 nitrogen and oxygen atoms in total. The van der Waals surface area contributed by atoms with Gasteiger partial charge in [-0.2, -0.15) is 26.3 Å². The third-order valence-corrected chi connectivity index (χ3v) is 6.72. The van der Waals surface area contributed by atoms with E-state index >= 15 is 0 Å². The highest BCUT2D eigenvalue weighted by molar-refractivity contribution is 6.76. The van der Waals surface area contributed by atoms with Crippen molar-refractivity contribution in [3.63, 3.8) is 0 Å². The van der Waals surface area contributed by atoms with Gasteiger partial charge in [0.25, 0.3) is 0 Å². The average molecular weight is 526 g/mol. The second-order valence-corrected chi connectivity index (χ2v) is 14.9. The van der Waals surface area contributed by atoms with Crippen molar-refractivity contribution in [3.05, 3.63) is 46.7 Å². The summed E-state index contributed by atoms with van der Waals surface area (Å²) >= 11 is 6.00. The molecule has 0 fully saturated rings. The minimum atomic E-state index is -4.86. The maximum atomic E-state index is 13.9. The van der Waals surface area contributed by atoms with Gasteiger partial charge >= 0.3 is 12.4 Å². The number of hydrogen-bond donors (Lipinski definition) is 1. The number of nitrogen functional groups attached to an aromatic ring is 1. The predicted molar refractivity (Wildman–Crippen MR) is 120 cm³/mol. The smallest absolute Gasteiger partial charge is 0.420 e. The quantitative estimate of drug-likeness (QED) is 0.115. The first kappa shape index (κ1) is 26.2. The van der Waals surface area contributed by atoms with Crippen molar-refractivity contribution in [2.45, 2.75) is 44.8 Å². The van der Waals surface area contributed by atoms with Crippen LogP contribution in [0.1, 0.15) is 11.1 Å². The molecule has 3 rings (SSSR count). The lowest BCUT2D eigenvalue weighted by Crippen LogP contribution is -2.22. The number of alkyl halides is 6. The maximum absolute atomic E-state index is 13.9. The van der Waals surface area contributed by atoms with E-state index in [2.05, 4.69) is 24.6 Å². The van der Waals surface area contributed by atoms with Crippen LogP contribution < -0.4 is 10.5 Å². The number of nitrogens with two attached hydrogens (primary N) is 1. The van der Waals surface area contributed by atoms with Crippen molar-refractivity contribution in [1.82, 2.24) is 9.55 Å². The molecule has 0 aliphatic rings. The zero-order chi connectivity index (χ0) is 25.5. The first-order valence-electron chi connectivity index (χ1n) is 10.1. The highest BCUT2D eigenvalue weighted by Crippen LogP contribution is 2.44. The minimum Gasteiger partial charge on any atom is -0.456 e. The highest BCUT2D eigenvalue weighted by atomic mass is 35.5. The van der Waals surface area contributed by atoms with Crippen molar-refractivity contribution in [2.24, 2.45) is 0 Å². The Morgan fingerprint density at radius 3 is 2.24 bits per heavy atom. The van der Waals surface area contributed by atoms with Crippen molar-refractivity contribution >= 4 is 36.4 Å². The van der Waals surface area contributed by atoms with Crippen LogP contribution in [0, 0.1) is 0 Å². The zero-order valence-electron chi connectivity index (χ0n) is 18.4. The summed E-state index contributed by atoms with van der Waals surface area (Å²) in [6, 6.07) is 4.44. The van der Waals surface area contributed by atoms with Crippen LogP contribution in [0.25, 0.3) is 11.0 Å². The summed E-state index contributed by atoms with van der Waals surface area (Å²) in [5, 5.41) is -0.794. The fourth-order valence-electron chi connectivity index (χ4n) is 3.13. The molecule has 0 bridgehead atoms. The Kier molecular flexibility index (Phi) is 7.16. The fraction of sp³-hybridized carbons (Fsp3) is 0.381. The number of aromatic nitrogens is 2. The first-order chi connectivity index (χ1) is 15.6. The number of nitrogens with zero attached hydrogens (tertiary/aromatic N) is 2. The van der Waals surface area contributed by atoms with Crippen molar-refractivity contribution < 1.29 is 35.8 Å². The summed E-state index contributed by atoms with van der Waals surface area (Å²) in [7, 11) is -1.43. The maximum Gasteiger partial charge on any atom is 0.420 e. The van der Waals surface area contributed by atoms with Crippen LogP contribution in [0.4, 0.5) is 32.0 Å². The van der Waals surface area contributed by atoms with Gasteiger partial charge in [0, 0.05) is 32.6 Å². The van der Waals surface area contributed by atoms with E-state index in [1.165, 1.54) is 0 Å². The molecule has 34 heavy (non-hydrogen) atoms. The molecular weight excluding hydrogens is 504 g/mol. The molecule has 0 saturated carbocycles. The van der Waals surface area contributed by atoms with Crippen LogP contribution in [0.15, 0.2) is 30.5 Å². The molecule has 0 spiro atoms. The van der Waals surface area contributed by atoms with Gasteiger partial charge in [0.15, 0.2) is 0 Å². The topological polar surface area (TPSA) is 62.3 Å². The molecule has 0 amide bonds. The van der Waals surface area contributed by atoms with Gasteiger partial charge < -0.3 is 19.8 Å². The van der Waals surface area contributed by atoms with Crippen LogP contribution in [-0.2, 0) is 23.8 Å². The Morgan fingerprint density at radius 2 is 1.65 bits per heavy atom. The molecule has 0 atom stereocenters. The van der Waals surface area contributed by atoms with Gasteiger partial charge in [-0.1, -0.05) is 31.2 Å². The SMILES string of the molecule is C[Si](C)(C)CCOCn1cc(C(F)(F)F)c2c(Oc3ccc(N)cc3C(F)(F)F)cc(Cl)nc21. The minimum absolute atomic E-state index is 0.185. The first-order valence-corrected chi connectivity index (χ1v) is 14.1. The van der Waals surface area contributed by atoms with Gasteiger partial charge in [0.05, 0.1) is 10.9 Å². The van der Waals surface area contributed by atoms with Crippen LogP contribution in [0.5, 0.6) is 11.5 Å². The number of ether oxygens (including phenoxy) is 2. The fourth-order valence-corrected chi connectivity index (χ4v) is 4.07. The highest BCUT2D eigenvalue weighted by Gasteiger charge is 2.38. The van der Waals surface area contributed by atoms with Gasteiger partial charge in [0.1, 0.15) is 34.6 Å². The number of fused-ring (bicyclic) bond motifs is 1. The summed E-state index contributed by atoms with van der Waals surface area (Å²) in [5.41, 5.74) is 2.66. The lowest BCUT2D eigenvalue weighted by molar-refractivity contribution is -0.139. The van der Waals surface area contributed by atoms with E-state index in [4.69, 9.17) is 26.8 Å². The van der Waals surface area contributed by atoms with E-state index in [-0.39, 0.29) is 23.2 Å². The Morgan fingerprint density at radius 1 is 1.00 bits per heavy atom. The third-order valence-electron chi connectivity index (χ3n) is 4.82. The molecule has 186 valence electrons. The van der Waals surface area contributed by atoms with Gasteiger partial charge in [-0.05, 0) is 24.2 Å². The Labute approximate surface area is 197 Å². The lowest BCUT2D eigenvalue weighted by atomic mass is 10.1. The van der Waals surface area contributed by atoms with E-state index in [1.54, 1.807) is 0 Å². The second kappa shape index (κ2) is 9.31. The molecule has 0 radical (unpaired) electrons. The Hall–Kier alpha value is -2.44. The monoisotopic (exact) mass is 525 g/mol. The molecule has 2 aromatic heterocycles. The summed E-state index contributed by atoms with van der Waals surface area (Å²) in [6.45, 7) is 6.46.